The molecule has 0 aliphatic rings. The molecule has 2 N–H and O–H groups in total. The van der Waals surface area contributed by atoms with Crippen molar-refractivity contribution < 1.29 is 9.59 Å². The van der Waals surface area contributed by atoms with Crippen LogP contribution < -0.4 is 10.6 Å². The maximum absolute atomic E-state index is 12.6. The molecule has 0 unspecified atom stereocenters. The molecule has 1 aromatic carbocycles. The monoisotopic (exact) mass is 472 g/mol. The van der Waals surface area contributed by atoms with Gasteiger partial charge in [0.15, 0.2) is 10.3 Å². The Labute approximate surface area is 196 Å². The van der Waals surface area contributed by atoms with E-state index >= 15 is 0 Å². The first-order valence-corrected chi connectivity index (χ1v) is 12.1. The maximum Gasteiger partial charge on any atom is 0.239 e. The lowest BCUT2D eigenvalue weighted by atomic mass is 10.1. The predicted molar refractivity (Wildman–Crippen MR) is 129 cm³/mol. The van der Waals surface area contributed by atoms with Crippen molar-refractivity contribution in [2.24, 2.45) is 0 Å². The highest BCUT2D eigenvalue weighted by molar-refractivity contribution is 8.00. The summed E-state index contributed by atoms with van der Waals surface area (Å²) in [5, 5.41) is 15.0. The lowest BCUT2D eigenvalue weighted by Gasteiger charge is -2.12. The number of thioether (sulfide) groups is 1. The van der Waals surface area contributed by atoms with Gasteiger partial charge in [-0.1, -0.05) is 17.8 Å². The highest BCUT2D eigenvalue weighted by Gasteiger charge is 2.22. The summed E-state index contributed by atoms with van der Waals surface area (Å²) in [6.45, 7) is 12.3. The molecule has 2 heterocycles. The molecule has 1 atom stereocenters. The number of hydrogen-bond acceptors (Lipinski definition) is 7. The van der Waals surface area contributed by atoms with Crippen molar-refractivity contribution in [3.63, 3.8) is 0 Å². The zero-order valence-corrected chi connectivity index (χ0v) is 20.8. The molecule has 0 saturated heterocycles. The molecule has 0 saturated carbocycles. The normalized spacial score (nSPS) is 11.9. The molecule has 170 valence electrons. The Morgan fingerprint density at radius 2 is 1.78 bits per heavy atom. The molecular weight excluding hydrogens is 444 g/mol. The number of aromatic nitrogens is 4. The van der Waals surface area contributed by atoms with E-state index in [1.165, 1.54) is 23.1 Å². The quantitative estimate of drug-likeness (QED) is 0.474. The SMILES string of the molecule is CCn1c(CC(=O)Nc2cc(C)cc(C)c2)nnc1S[C@H](C)C(=O)Nc1nc(C)c(C)s1. The second kappa shape index (κ2) is 10.3. The van der Waals surface area contributed by atoms with Crippen LogP contribution in [0.25, 0.3) is 0 Å². The summed E-state index contributed by atoms with van der Waals surface area (Å²) in [6.07, 6.45) is 0.104. The van der Waals surface area contributed by atoms with Crippen molar-refractivity contribution in [3.8, 4) is 0 Å². The summed E-state index contributed by atoms with van der Waals surface area (Å²) in [5.41, 5.74) is 3.86. The van der Waals surface area contributed by atoms with Gasteiger partial charge in [0, 0.05) is 17.1 Å². The van der Waals surface area contributed by atoms with Gasteiger partial charge in [-0.2, -0.15) is 0 Å². The second-order valence-corrected chi connectivity index (χ2v) is 10.2. The molecule has 3 rings (SSSR count). The summed E-state index contributed by atoms with van der Waals surface area (Å²) >= 11 is 2.77. The Kier molecular flexibility index (Phi) is 7.68. The Morgan fingerprint density at radius 1 is 1.09 bits per heavy atom. The number of aryl methyl sites for hydroxylation is 4. The van der Waals surface area contributed by atoms with E-state index in [2.05, 4.69) is 31.9 Å². The molecule has 8 nitrogen and oxygen atoms in total. The Bertz CT molecular complexity index is 1100. The maximum atomic E-state index is 12.6. The Balaban J connectivity index is 1.64. The second-order valence-electron chi connectivity index (χ2n) is 7.65. The van der Waals surface area contributed by atoms with Crippen LogP contribution in [0.3, 0.4) is 0 Å². The third-order valence-corrected chi connectivity index (χ3v) is 6.91. The van der Waals surface area contributed by atoms with E-state index in [0.717, 1.165) is 27.4 Å². The van der Waals surface area contributed by atoms with Crippen molar-refractivity contribution in [1.82, 2.24) is 19.7 Å². The van der Waals surface area contributed by atoms with Gasteiger partial charge >= 0.3 is 0 Å². The molecule has 0 fully saturated rings. The molecule has 10 heteroatoms. The zero-order chi connectivity index (χ0) is 23.4. The molecule has 2 aromatic heterocycles. The lowest BCUT2D eigenvalue weighted by Crippen LogP contribution is -2.23. The average Bonchev–Trinajstić information content (AvgIpc) is 3.22. The zero-order valence-electron chi connectivity index (χ0n) is 19.1. The largest absolute Gasteiger partial charge is 0.326 e. The number of thiazole rings is 1. The van der Waals surface area contributed by atoms with E-state index < -0.39 is 5.25 Å². The van der Waals surface area contributed by atoms with E-state index in [0.29, 0.717) is 22.7 Å². The van der Waals surface area contributed by atoms with Crippen LogP contribution in [0.4, 0.5) is 10.8 Å². The van der Waals surface area contributed by atoms with E-state index in [1.54, 1.807) is 0 Å². The van der Waals surface area contributed by atoms with E-state index in [-0.39, 0.29) is 18.2 Å². The van der Waals surface area contributed by atoms with Gasteiger partial charge in [-0.3, -0.25) is 9.59 Å². The fraction of sp³-hybridized carbons (Fsp3) is 0.409. The van der Waals surface area contributed by atoms with Crippen LogP contribution in [0, 0.1) is 27.7 Å². The van der Waals surface area contributed by atoms with E-state index in [4.69, 9.17) is 0 Å². The number of hydrogen-bond donors (Lipinski definition) is 2. The summed E-state index contributed by atoms with van der Waals surface area (Å²) in [7, 11) is 0. The van der Waals surface area contributed by atoms with E-state index in [1.807, 2.05) is 58.2 Å². The first-order chi connectivity index (χ1) is 15.2. The van der Waals surface area contributed by atoms with Crippen molar-refractivity contribution in [1.29, 1.82) is 0 Å². The summed E-state index contributed by atoms with van der Waals surface area (Å²) in [4.78, 5) is 30.6. The van der Waals surface area contributed by atoms with Gasteiger partial charge in [-0.05, 0) is 64.8 Å². The minimum absolute atomic E-state index is 0.104. The van der Waals surface area contributed by atoms with Crippen LogP contribution in [-0.2, 0) is 22.6 Å². The van der Waals surface area contributed by atoms with Crippen LogP contribution in [0.15, 0.2) is 23.4 Å². The first-order valence-electron chi connectivity index (χ1n) is 10.4. The molecule has 0 bridgehead atoms. The molecular formula is C22H28N6O2S2. The van der Waals surface area contributed by atoms with Crippen LogP contribution in [0.1, 0.15) is 41.4 Å². The van der Waals surface area contributed by atoms with Gasteiger partial charge in [0.05, 0.1) is 17.4 Å². The van der Waals surface area contributed by atoms with Gasteiger partial charge in [-0.15, -0.1) is 21.5 Å². The number of carbonyl (C=O) groups is 2. The number of nitrogens with zero attached hydrogens (tertiary/aromatic N) is 4. The number of amides is 2. The fourth-order valence-electron chi connectivity index (χ4n) is 3.20. The van der Waals surface area contributed by atoms with Crippen LogP contribution in [0.5, 0.6) is 0 Å². The first kappa shape index (κ1) is 23.9. The number of anilines is 2. The Morgan fingerprint density at radius 3 is 2.38 bits per heavy atom. The minimum Gasteiger partial charge on any atom is -0.326 e. The molecule has 0 aliphatic carbocycles. The van der Waals surface area contributed by atoms with Gasteiger partial charge in [0.1, 0.15) is 5.82 Å². The number of rotatable bonds is 8. The van der Waals surface area contributed by atoms with Gasteiger partial charge in [0.2, 0.25) is 11.8 Å². The van der Waals surface area contributed by atoms with Crippen molar-refractivity contribution in [2.45, 2.75) is 64.9 Å². The lowest BCUT2D eigenvalue weighted by molar-refractivity contribution is -0.116. The minimum atomic E-state index is -0.397. The van der Waals surface area contributed by atoms with Gasteiger partial charge < -0.3 is 15.2 Å². The van der Waals surface area contributed by atoms with Gasteiger partial charge in [0.25, 0.3) is 0 Å². The smallest absolute Gasteiger partial charge is 0.239 e. The summed E-state index contributed by atoms with van der Waals surface area (Å²) in [6, 6.07) is 5.92. The summed E-state index contributed by atoms with van der Waals surface area (Å²) in [5.74, 6) is 0.258. The average molecular weight is 473 g/mol. The number of benzene rings is 1. The van der Waals surface area contributed by atoms with Crippen LogP contribution in [-0.4, -0.2) is 36.8 Å². The van der Waals surface area contributed by atoms with Crippen LogP contribution in [0.2, 0.25) is 0 Å². The topological polar surface area (TPSA) is 102 Å². The molecule has 3 aromatic rings. The van der Waals surface area contributed by atoms with Crippen LogP contribution >= 0.6 is 23.1 Å². The third kappa shape index (κ3) is 5.95. The van der Waals surface area contributed by atoms with Gasteiger partial charge in [-0.25, -0.2) is 4.98 Å². The molecule has 0 radical (unpaired) electrons. The highest BCUT2D eigenvalue weighted by Crippen LogP contribution is 2.26. The molecule has 2 amide bonds. The van der Waals surface area contributed by atoms with Crippen molar-refractivity contribution in [2.75, 3.05) is 10.6 Å². The number of nitrogens with one attached hydrogen (secondary N) is 2. The fourth-order valence-corrected chi connectivity index (χ4v) is 4.94. The van der Waals surface area contributed by atoms with E-state index in [9.17, 15) is 9.59 Å². The number of carbonyl (C=O) groups excluding carboxylic acids is 2. The third-order valence-electron chi connectivity index (χ3n) is 4.84. The molecule has 0 aliphatic heterocycles. The Hall–Kier alpha value is -2.72. The van der Waals surface area contributed by atoms with Crippen molar-refractivity contribution in [3.05, 3.63) is 45.7 Å². The molecule has 0 spiro atoms. The summed E-state index contributed by atoms with van der Waals surface area (Å²) < 4.78 is 1.87. The highest BCUT2D eigenvalue weighted by atomic mass is 32.2. The van der Waals surface area contributed by atoms with Crippen molar-refractivity contribution >= 4 is 45.7 Å². The standard InChI is InChI=1S/C22H28N6O2S2/c1-7-28-18(11-19(29)24-17-9-12(2)8-13(3)10-17)26-27-22(28)32-16(6)20(30)25-21-23-14(4)15(5)31-21/h8-10,16H,7,11H2,1-6H3,(H,24,29)(H,23,25,30)/t16-/m1/s1. The predicted octanol–water partition coefficient (Wildman–Crippen LogP) is 4.29. The molecule has 32 heavy (non-hydrogen) atoms.